The summed E-state index contributed by atoms with van der Waals surface area (Å²) in [5, 5.41) is 18.6. The van der Waals surface area contributed by atoms with Gasteiger partial charge in [-0.25, -0.2) is 0 Å². The van der Waals surface area contributed by atoms with Crippen LogP contribution in [0.15, 0.2) is 182 Å². The van der Waals surface area contributed by atoms with Crippen molar-refractivity contribution in [1.82, 2.24) is 9.13 Å². The van der Waals surface area contributed by atoms with Crippen LogP contribution in [-0.2, 0) is 0 Å². The van der Waals surface area contributed by atoms with Crippen LogP contribution in [0.3, 0.4) is 0 Å². The number of nitrogens with zero attached hydrogens (tertiary/aromatic N) is 2. The highest BCUT2D eigenvalue weighted by atomic mass is 32.1. The zero-order valence-electron chi connectivity index (χ0n) is 33.1. The number of rotatable bonds is 7. The summed E-state index contributed by atoms with van der Waals surface area (Å²) in [6, 6.07) is 63.5. The molecule has 1 saturated carbocycles. The van der Waals surface area contributed by atoms with Crippen molar-refractivity contribution in [3.8, 4) is 33.6 Å². The largest absolute Gasteiger partial charge is 0.355 e. The molecule has 0 aliphatic heterocycles. The number of hydrogen-bond donors (Lipinski definition) is 2. The van der Waals surface area contributed by atoms with Gasteiger partial charge in [-0.1, -0.05) is 115 Å². The minimum absolute atomic E-state index is 0.689. The van der Waals surface area contributed by atoms with Crippen LogP contribution in [0.1, 0.15) is 28.3 Å². The Kier molecular flexibility index (Phi) is 7.48. The Bertz CT molecular complexity index is 3620. The van der Waals surface area contributed by atoms with Gasteiger partial charge in [0.1, 0.15) is 0 Å². The number of allylic oxidation sites excluding steroid dienone is 1. The minimum atomic E-state index is 0.689. The maximum Gasteiger partial charge on any atom is 0.0649 e. The van der Waals surface area contributed by atoms with Crippen molar-refractivity contribution in [2.45, 2.75) is 12.3 Å². The molecular weight excluding hydrogens is 761 g/mol. The van der Waals surface area contributed by atoms with Crippen LogP contribution in [0.25, 0.3) is 93.4 Å². The first-order valence-corrected chi connectivity index (χ1v) is 21.9. The first-order valence-electron chi connectivity index (χ1n) is 21.1. The molecule has 2 aliphatic carbocycles. The van der Waals surface area contributed by atoms with Crippen LogP contribution in [0, 0.1) is 11.3 Å². The Balaban J connectivity index is 1.01. The molecule has 0 spiro atoms. The Morgan fingerprint density at radius 1 is 0.557 bits per heavy atom. The maximum absolute atomic E-state index is 8.92. The lowest BCUT2D eigenvalue weighted by Gasteiger charge is -2.15. The van der Waals surface area contributed by atoms with Gasteiger partial charge >= 0.3 is 0 Å². The van der Waals surface area contributed by atoms with Gasteiger partial charge in [0.2, 0.25) is 0 Å². The predicted molar refractivity (Wildman–Crippen MR) is 259 cm³/mol. The first kappa shape index (κ1) is 34.4. The fraction of sp³-hybridized carbons (Fsp3) is 0.0536. The predicted octanol–water partition coefficient (Wildman–Crippen LogP) is 15.3. The van der Waals surface area contributed by atoms with Crippen LogP contribution in [-0.4, -0.2) is 15.3 Å². The van der Waals surface area contributed by atoms with Crippen molar-refractivity contribution in [3.63, 3.8) is 0 Å². The monoisotopic (exact) mass is 798 g/mol. The number of aromatic nitrogens is 2. The van der Waals surface area contributed by atoms with Gasteiger partial charge in [-0.05, 0) is 113 Å². The summed E-state index contributed by atoms with van der Waals surface area (Å²) >= 11 is 1.99. The lowest BCUT2D eigenvalue weighted by atomic mass is 9.98. The molecule has 2 aliphatic rings. The Morgan fingerprint density at radius 2 is 1.25 bits per heavy atom. The van der Waals surface area contributed by atoms with Crippen molar-refractivity contribution in [1.29, 1.82) is 5.41 Å². The standard InChI is InChI=1S/C56H38N4S/c57-33-49-50(58-38-12-3-1-4-13-38)26-25-43-48-31-35(34-22-27-52-47(30-34)42-17-7-8-20-51(42)59(52)39-14-5-2-6-15-39)23-28-53(48)60(54(43)49)40-16-9-11-36(29-40)41-18-10-19-44-45-24-21-37-32-46(37)56(45)61-55(41)44/h1-31,33,37,46,57-58H,32H2. The van der Waals surface area contributed by atoms with Crippen molar-refractivity contribution in [2.75, 3.05) is 5.32 Å². The summed E-state index contributed by atoms with van der Waals surface area (Å²) in [6.07, 6.45) is 7.58. The van der Waals surface area contributed by atoms with Crippen LogP contribution < -0.4 is 5.32 Å². The fourth-order valence-electron chi connectivity index (χ4n) is 10.1. The van der Waals surface area contributed by atoms with Crippen LogP contribution in [0.2, 0.25) is 0 Å². The fourth-order valence-corrected chi connectivity index (χ4v) is 11.6. The van der Waals surface area contributed by atoms with Gasteiger partial charge < -0.3 is 19.9 Å². The second kappa shape index (κ2) is 13.3. The number of benzene rings is 8. The summed E-state index contributed by atoms with van der Waals surface area (Å²) in [6.45, 7) is 0. The number of para-hydroxylation sites is 3. The number of thiophene rings is 1. The van der Waals surface area contributed by atoms with Gasteiger partial charge in [0.05, 0.1) is 22.1 Å². The van der Waals surface area contributed by atoms with Crippen molar-refractivity contribution in [3.05, 3.63) is 198 Å². The summed E-state index contributed by atoms with van der Waals surface area (Å²) in [4.78, 5) is 1.56. The molecular formula is C56H38N4S. The van der Waals surface area contributed by atoms with E-state index in [0.717, 1.165) is 61.6 Å². The van der Waals surface area contributed by atoms with E-state index in [1.807, 2.05) is 29.5 Å². The lowest BCUT2D eigenvalue weighted by molar-refractivity contribution is 1.02. The summed E-state index contributed by atoms with van der Waals surface area (Å²) < 4.78 is 6.11. The summed E-state index contributed by atoms with van der Waals surface area (Å²) in [5.74, 6) is 1.41. The summed E-state index contributed by atoms with van der Waals surface area (Å²) in [5.41, 5.74) is 15.7. The normalized spacial score (nSPS) is 15.5. The van der Waals surface area contributed by atoms with Crippen LogP contribution in [0.5, 0.6) is 0 Å². The van der Waals surface area contributed by atoms with E-state index >= 15 is 0 Å². The molecule has 0 bridgehead atoms. The van der Waals surface area contributed by atoms with E-state index in [1.165, 1.54) is 66.8 Å². The topological polar surface area (TPSA) is 45.7 Å². The smallest absolute Gasteiger partial charge is 0.0649 e. The van der Waals surface area contributed by atoms with Crippen LogP contribution in [0.4, 0.5) is 11.4 Å². The molecule has 2 N–H and O–H groups in total. The van der Waals surface area contributed by atoms with E-state index in [0.29, 0.717) is 5.92 Å². The number of anilines is 2. The van der Waals surface area contributed by atoms with Gasteiger partial charge in [0.25, 0.3) is 0 Å². The number of fused-ring (bicyclic) bond motifs is 11. The molecule has 61 heavy (non-hydrogen) atoms. The zero-order chi connectivity index (χ0) is 40.2. The highest BCUT2D eigenvalue weighted by Gasteiger charge is 2.41. The third-order valence-corrected chi connectivity index (χ3v) is 14.5. The molecule has 3 aromatic heterocycles. The Labute approximate surface area is 356 Å². The quantitative estimate of drug-likeness (QED) is 0.155. The van der Waals surface area contributed by atoms with Crippen molar-refractivity contribution < 1.29 is 0 Å². The van der Waals surface area contributed by atoms with Gasteiger partial charge in [0, 0.05) is 77.0 Å². The van der Waals surface area contributed by atoms with E-state index < -0.39 is 0 Å². The number of hydrogen-bond acceptors (Lipinski definition) is 3. The summed E-state index contributed by atoms with van der Waals surface area (Å²) in [7, 11) is 0. The molecule has 0 saturated heterocycles. The van der Waals surface area contributed by atoms with Gasteiger partial charge in [0.15, 0.2) is 0 Å². The molecule has 8 aromatic carbocycles. The molecule has 5 heteroatoms. The average molecular weight is 799 g/mol. The van der Waals surface area contributed by atoms with Crippen LogP contribution >= 0.6 is 11.3 Å². The van der Waals surface area contributed by atoms with Crippen molar-refractivity contribution in [2.24, 2.45) is 5.92 Å². The highest BCUT2D eigenvalue weighted by Crippen LogP contribution is 2.57. The molecule has 288 valence electrons. The van der Waals surface area contributed by atoms with Gasteiger partial charge in [-0.15, -0.1) is 11.3 Å². The maximum atomic E-state index is 8.92. The average Bonchev–Trinajstić information content (AvgIpc) is 3.76. The molecule has 3 heterocycles. The lowest BCUT2D eigenvalue weighted by Crippen LogP contribution is -2.01. The molecule has 0 radical (unpaired) electrons. The molecule has 13 rings (SSSR count). The van der Waals surface area contributed by atoms with E-state index in [9.17, 15) is 0 Å². The van der Waals surface area contributed by atoms with E-state index in [2.05, 4.69) is 184 Å². The SMILES string of the molecule is N=Cc1c(Nc2ccccc2)ccc2c3cc(-c4ccc5c(c4)c4ccccc4n5-c4ccccc4)ccc3n(-c3cccc(-c4cccc5c6c(sc45)C4CC4C=C6)c3)c12. The van der Waals surface area contributed by atoms with E-state index in [4.69, 9.17) is 5.41 Å². The molecule has 2 unspecified atom stereocenters. The first-order chi connectivity index (χ1) is 30.2. The van der Waals surface area contributed by atoms with Crippen molar-refractivity contribution >= 4 is 88.7 Å². The highest BCUT2D eigenvalue weighted by molar-refractivity contribution is 7.20. The second-order valence-electron chi connectivity index (χ2n) is 16.5. The molecule has 1 fully saturated rings. The molecule has 2 atom stereocenters. The van der Waals surface area contributed by atoms with Gasteiger partial charge in [-0.3, -0.25) is 0 Å². The zero-order valence-corrected chi connectivity index (χ0v) is 34.0. The van der Waals surface area contributed by atoms with Gasteiger partial charge in [-0.2, -0.15) is 0 Å². The number of nitrogens with one attached hydrogen (secondary N) is 2. The van der Waals surface area contributed by atoms with E-state index in [1.54, 1.807) is 4.88 Å². The van der Waals surface area contributed by atoms with E-state index in [-0.39, 0.29) is 0 Å². The molecule has 0 amide bonds. The molecule has 11 aromatic rings. The third-order valence-electron chi connectivity index (χ3n) is 13.1. The second-order valence-corrected chi connectivity index (χ2v) is 17.6. The Morgan fingerprint density at radius 3 is 2.07 bits per heavy atom. The third kappa shape index (κ3) is 5.27. The molecule has 4 nitrogen and oxygen atoms in total. The minimum Gasteiger partial charge on any atom is -0.355 e. The Hall–Kier alpha value is -7.47.